The second-order valence-corrected chi connectivity index (χ2v) is 7.86. The Morgan fingerprint density at radius 3 is 2.62 bits per heavy atom. The zero-order valence-corrected chi connectivity index (χ0v) is 14.1. The van der Waals surface area contributed by atoms with Crippen molar-refractivity contribution in [2.24, 2.45) is 16.7 Å². The van der Waals surface area contributed by atoms with Gasteiger partial charge in [-0.25, -0.2) is 0 Å². The molecule has 0 amide bonds. The van der Waals surface area contributed by atoms with Gasteiger partial charge in [-0.15, -0.1) is 0 Å². The highest BCUT2D eigenvalue weighted by Crippen LogP contribution is 2.65. The minimum Gasteiger partial charge on any atom is -0.496 e. The first-order valence-corrected chi connectivity index (χ1v) is 8.25. The summed E-state index contributed by atoms with van der Waals surface area (Å²) in [6.07, 6.45) is 4.11. The van der Waals surface area contributed by atoms with E-state index in [0.717, 1.165) is 18.2 Å². The summed E-state index contributed by atoms with van der Waals surface area (Å²) in [5, 5.41) is 3.85. The topological polar surface area (TPSA) is 21.3 Å². The van der Waals surface area contributed by atoms with E-state index < -0.39 is 0 Å². The monoisotopic (exact) mass is 287 g/mol. The molecule has 3 unspecified atom stereocenters. The van der Waals surface area contributed by atoms with Gasteiger partial charge in [0.1, 0.15) is 5.75 Å². The molecule has 2 aliphatic carbocycles. The van der Waals surface area contributed by atoms with Crippen molar-refractivity contribution in [1.29, 1.82) is 0 Å². The van der Waals surface area contributed by atoms with Gasteiger partial charge in [0.15, 0.2) is 0 Å². The van der Waals surface area contributed by atoms with Crippen LogP contribution in [0.1, 0.15) is 51.2 Å². The Morgan fingerprint density at radius 1 is 1.29 bits per heavy atom. The highest BCUT2D eigenvalue weighted by molar-refractivity contribution is 5.36. The van der Waals surface area contributed by atoms with Crippen LogP contribution in [0.3, 0.4) is 0 Å². The normalized spacial score (nSPS) is 33.4. The lowest BCUT2D eigenvalue weighted by molar-refractivity contribution is 0.120. The van der Waals surface area contributed by atoms with Gasteiger partial charge >= 0.3 is 0 Å². The first kappa shape index (κ1) is 14.9. The van der Waals surface area contributed by atoms with Crippen LogP contribution in [0.5, 0.6) is 5.75 Å². The lowest BCUT2D eigenvalue weighted by Gasteiger charge is -2.39. The molecule has 0 aliphatic heterocycles. The Hall–Kier alpha value is -1.02. The fourth-order valence-corrected chi connectivity index (χ4v) is 4.79. The zero-order chi connectivity index (χ0) is 15.3. The first-order valence-electron chi connectivity index (χ1n) is 8.25. The van der Waals surface area contributed by atoms with Gasteiger partial charge in [-0.05, 0) is 49.0 Å². The zero-order valence-electron chi connectivity index (χ0n) is 14.1. The predicted octanol–water partition coefficient (Wildman–Crippen LogP) is 4.31. The fourth-order valence-electron chi connectivity index (χ4n) is 4.79. The number of aryl methyl sites for hydroxylation is 1. The van der Waals surface area contributed by atoms with Crippen molar-refractivity contribution in [2.45, 2.75) is 59.5 Å². The summed E-state index contributed by atoms with van der Waals surface area (Å²) in [7, 11) is 1.76. The molecule has 3 rings (SSSR count). The lowest BCUT2D eigenvalue weighted by Crippen LogP contribution is -2.44. The van der Waals surface area contributed by atoms with Crippen LogP contribution in [0.4, 0.5) is 0 Å². The third-order valence-electron chi connectivity index (χ3n) is 6.77. The van der Waals surface area contributed by atoms with Crippen molar-refractivity contribution in [1.82, 2.24) is 5.32 Å². The molecule has 116 valence electrons. The van der Waals surface area contributed by atoms with Crippen molar-refractivity contribution in [3.63, 3.8) is 0 Å². The van der Waals surface area contributed by atoms with E-state index in [-0.39, 0.29) is 0 Å². The van der Waals surface area contributed by atoms with E-state index in [2.05, 4.69) is 51.2 Å². The van der Waals surface area contributed by atoms with Crippen molar-refractivity contribution >= 4 is 0 Å². The number of hydrogen-bond donors (Lipinski definition) is 1. The maximum absolute atomic E-state index is 5.50. The van der Waals surface area contributed by atoms with Crippen LogP contribution < -0.4 is 10.1 Å². The molecule has 0 spiro atoms. The van der Waals surface area contributed by atoms with Crippen LogP contribution in [-0.2, 0) is 6.54 Å². The Bertz CT molecular complexity index is 536. The molecule has 0 saturated heterocycles. The molecule has 2 fully saturated rings. The third-order valence-corrected chi connectivity index (χ3v) is 6.77. The van der Waals surface area contributed by atoms with Crippen molar-refractivity contribution < 1.29 is 4.74 Å². The molecule has 2 bridgehead atoms. The molecule has 1 N–H and O–H groups in total. The van der Waals surface area contributed by atoms with Gasteiger partial charge in [-0.3, -0.25) is 0 Å². The predicted molar refractivity (Wildman–Crippen MR) is 87.6 cm³/mol. The molecule has 2 nitrogen and oxygen atoms in total. The average molecular weight is 287 g/mol. The van der Waals surface area contributed by atoms with Crippen LogP contribution >= 0.6 is 0 Å². The van der Waals surface area contributed by atoms with Gasteiger partial charge in [0.05, 0.1) is 7.11 Å². The first-order chi connectivity index (χ1) is 9.88. The van der Waals surface area contributed by atoms with Gasteiger partial charge in [-0.1, -0.05) is 38.5 Å². The van der Waals surface area contributed by atoms with Crippen molar-refractivity contribution in [3.8, 4) is 5.75 Å². The van der Waals surface area contributed by atoms with E-state index >= 15 is 0 Å². The summed E-state index contributed by atoms with van der Waals surface area (Å²) in [4.78, 5) is 0. The summed E-state index contributed by atoms with van der Waals surface area (Å²) in [5.41, 5.74) is 3.49. The maximum atomic E-state index is 5.50. The number of methoxy groups -OCH3 is 1. The lowest BCUT2D eigenvalue weighted by atomic mass is 9.69. The van der Waals surface area contributed by atoms with E-state index in [1.54, 1.807) is 7.11 Å². The third kappa shape index (κ3) is 2.19. The minimum atomic E-state index is 0.439. The standard InChI is InChI=1S/C19H29NO/c1-13-6-7-16(21-5)14(10-13)12-20-17-11-15-8-9-19(17,4)18(15,2)3/h6-7,10,15,17,20H,8-9,11-12H2,1-5H3. The highest BCUT2D eigenvalue weighted by atomic mass is 16.5. The van der Waals surface area contributed by atoms with Gasteiger partial charge in [0.25, 0.3) is 0 Å². The molecule has 1 aromatic rings. The summed E-state index contributed by atoms with van der Waals surface area (Å²) in [6.45, 7) is 10.5. The molecular weight excluding hydrogens is 258 g/mol. The summed E-state index contributed by atoms with van der Waals surface area (Å²) in [6, 6.07) is 7.08. The van der Waals surface area contributed by atoms with E-state index in [9.17, 15) is 0 Å². The summed E-state index contributed by atoms with van der Waals surface area (Å²) >= 11 is 0. The molecular formula is C19H29NO. The molecule has 2 heteroatoms. The second-order valence-electron chi connectivity index (χ2n) is 7.86. The summed E-state index contributed by atoms with van der Waals surface area (Å²) < 4.78 is 5.50. The average Bonchev–Trinajstić information content (AvgIpc) is 2.78. The summed E-state index contributed by atoms with van der Waals surface area (Å²) in [5.74, 6) is 1.89. The Kier molecular flexibility index (Phi) is 3.56. The molecule has 2 aliphatic rings. The van der Waals surface area contributed by atoms with E-state index in [1.165, 1.54) is 30.4 Å². The van der Waals surface area contributed by atoms with Crippen molar-refractivity contribution in [2.75, 3.05) is 7.11 Å². The van der Waals surface area contributed by atoms with E-state index in [0.29, 0.717) is 16.9 Å². The number of ether oxygens (including phenoxy) is 1. The largest absolute Gasteiger partial charge is 0.496 e. The van der Waals surface area contributed by atoms with Crippen LogP contribution in [0.2, 0.25) is 0 Å². The highest BCUT2D eigenvalue weighted by Gasteiger charge is 2.60. The SMILES string of the molecule is COc1ccc(C)cc1CNC1CC2CCC1(C)C2(C)C. The number of fused-ring (bicyclic) bond motifs is 2. The minimum absolute atomic E-state index is 0.439. The molecule has 2 saturated carbocycles. The van der Waals surface area contributed by atoms with Gasteiger partial charge in [0, 0.05) is 18.2 Å². The molecule has 0 aromatic heterocycles. The molecule has 21 heavy (non-hydrogen) atoms. The Labute approximate surface area is 129 Å². The molecule has 0 heterocycles. The molecule has 0 radical (unpaired) electrons. The Morgan fingerprint density at radius 2 is 2.05 bits per heavy atom. The second kappa shape index (κ2) is 5.01. The van der Waals surface area contributed by atoms with Gasteiger partial charge < -0.3 is 10.1 Å². The smallest absolute Gasteiger partial charge is 0.123 e. The van der Waals surface area contributed by atoms with Crippen molar-refractivity contribution in [3.05, 3.63) is 29.3 Å². The molecule has 1 aromatic carbocycles. The maximum Gasteiger partial charge on any atom is 0.123 e. The van der Waals surface area contributed by atoms with Gasteiger partial charge in [-0.2, -0.15) is 0 Å². The fraction of sp³-hybridized carbons (Fsp3) is 0.684. The number of hydrogen-bond acceptors (Lipinski definition) is 2. The van der Waals surface area contributed by atoms with Crippen LogP contribution in [0.15, 0.2) is 18.2 Å². The Balaban J connectivity index is 1.74. The number of nitrogens with one attached hydrogen (secondary N) is 1. The number of rotatable bonds is 4. The van der Waals surface area contributed by atoms with Crippen LogP contribution in [0.25, 0.3) is 0 Å². The van der Waals surface area contributed by atoms with Crippen LogP contribution in [0, 0.1) is 23.7 Å². The van der Waals surface area contributed by atoms with Crippen LogP contribution in [-0.4, -0.2) is 13.2 Å². The van der Waals surface area contributed by atoms with E-state index in [4.69, 9.17) is 4.74 Å². The quantitative estimate of drug-likeness (QED) is 0.891. The molecule has 3 atom stereocenters. The van der Waals surface area contributed by atoms with Gasteiger partial charge in [0.2, 0.25) is 0 Å². The number of benzene rings is 1. The van der Waals surface area contributed by atoms with E-state index in [1.807, 2.05) is 0 Å².